The summed E-state index contributed by atoms with van der Waals surface area (Å²) in [6.45, 7) is 6.30. The zero-order valence-electron chi connectivity index (χ0n) is 9.37. The molecule has 0 amide bonds. The molecule has 0 radical (unpaired) electrons. The number of carbonyl (C=O) groups excluding carboxylic acids is 1. The van der Waals surface area contributed by atoms with E-state index in [1.807, 2.05) is 13.0 Å². The number of rotatable bonds is 2. The van der Waals surface area contributed by atoms with Crippen molar-refractivity contribution in [2.75, 3.05) is 6.61 Å². The van der Waals surface area contributed by atoms with Crippen molar-refractivity contribution in [2.24, 2.45) is 5.92 Å². The predicted octanol–water partition coefficient (Wildman–Crippen LogP) is 2.89. The van der Waals surface area contributed by atoms with Crippen LogP contribution in [0.3, 0.4) is 0 Å². The molecule has 3 heteroatoms. The lowest BCUT2D eigenvalue weighted by Gasteiger charge is -2.10. The third-order valence-corrected chi connectivity index (χ3v) is 2.98. The molecule has 0 spiro atoms. The largest absolute Gasteiger partial charge is 0.463 e. The molecular formula is C12H16O3. The Kier molecular flexibility index (Phi) is 2.65. The first-order valence-corrected chi connectivity index (χ1v) is 5.32. The Morgan fingerprint density at radius 2 is 2.27 bits per heavy atom. The van der Waals surface area contributed by atoms with Gasteiger partial charge in [0.25, 0.3) is 0 Å². The number of Topliss-reactive ketones (excluding diaryl/α,β-unsaturated/α-hetero) is 1. The van der Waals surface area contributed by atoms with Crippen molar-refractivity contribution in [3.8, 4) is 0 Å². The van der Waals surface area contributed by atoms with Crippen molar-refractivity contribution in [1.82, 2.24) is 0 Å². The fourth-order valence-corrected chi connectivity index (χ4v) is 2.05. The van der Waals surface area contributed by atoms with E-state index in [4.69, 9.17) is 9.15 Å². The predicted molar refractivity (Wildman–Crippen MR) is 55.9 cm³/mol. The summed E-state index contributed by atoms with van der Waals surface area (Å²) < 4.78 is 11.2. The molecule has 0 unspecified atom stereocenters. The minimum Gasteiger partial charge on any atom is -0.463 e. The Morgan fingerprint density at radius 3 is 2.73 bits per heavy atom. The highest BCUT2D eigenvalue weighted by Crippen LogP contribution is 2.35. The summed E-state index contributed by atoms with van der Waals surface area (Å²) in [5.74, 6) is 2.01. The third kappa shape index (κ3) is 1.84. The van der Waals surface area contributed by atoms with Crippen LogP contribution in [-0.2, 0) is 4.74 Å². The molecule has 1 saturated heterocycles. The molecule has 0 saturated carbocycles. The van der Waals surface area contributed by atoms with Gasteiger partial charge in [-0.15, -0.1) is 0 Å². The van der Waals surface area contributed by atoms with E-state index in [-0.39, 0.29) is 11.9 Å². The normalized spacial score (nSPS) is 25.8. The van der Waals surface area contributed by atoms with Crippen LogP contribution in [0.4, 0.5) is 0 Å². The van der Waals surface area contributed by atoms with E-state index in [1.54, 1.807) is 6.92 Å². The molecule has 1 aliphatic heterocycles. The van der Waals surface area contributed by atoms with E-state index in [2.05, 4.69) is 6.92 Å². The number of furan rings is 1. The third-order valence-electron chi connectivity index (χ3n) is 2.98. The van der Waals surface area contributed by atoms with Crippen LogP contribution in [0.1, 0.15) is 48.3 Å². The van der Waals surface area contributed by atoms with Crippen molar-refractivity contribution in [3.05, 3.63) is 23.2 Å². The monoisotopic (exact) mass is 208 g/mol. The first-order valence-electron chi connectivity index (χ1n) is 5.32. The van der Waals surface area contributed by atoms with Gasteiger partial charge in [0, 0.05) is 6.61 Å². The van der Waals surface area contributed by atoms with Gasteiger partial charge in [-0.25, -0.2) is 0 Å². The van der Waals surface area contributed by atoms with Crippen LogP contribution in [0.25, 0.3) is 0 Å². The summed E-state index contributed by atoms with van der Waals surface area (Å²) in [6, 6.07) is 1.82. The summed E-state index contributed by atoms with van der Waals surface area (Å²) >= 11 is 0. The molecule has 0 bridgehead atoms. The van der Waals surface area contributed by atoms with Gasteiger partial charge in [0.05, 0.1) is 5.56 Å². The van der Waals surface area contributed by atoms with Crippen LogP contribution in [0, 0.1) is 12.8 Å². The summed E-state index contributed by atoms with van der Waals surface area (Å²) in [5, 5.41) is 0. The van der Waals surface area contributed by atoms with Crippen molar-refractivity contribution in [1.29, 1.82) is 0 Å². The van der Waals surface area contributed by atoms with E-state index in [0.717, 1.165) is 18.8 Å². The topological polar surface area (TPSA) is 39.4 Å². The van der Waals surface area contributed by atoms with Crippen LogP contribution in [0.2, 0.25) is 0 Å². The van der Waals surface area contributed by atoms with Gasteiger partial charge in [0.2, 0.25) is 0 Å². The average molecular weight is 208 g/mol. The maximum absolute atomic E-state index is 11.3. The van der Waals surface area contributed by atoms with Gasteiger partial charge in [-0.1, -0.05) is 6.92 Å². The molecule has 1 aliphatic rings. The van der Waals surface area contributed by atoms with Crippen LogP contribution < -0.4 is 0 Å². The lowest BCUT2D eigenvalue weighted by atomic mass is 10.0. The van der Waals surface area contributed by atoms with Crippen molar-refractivity contribution in [2.45, 2.75) is 33.3 Å². The van der Waals surface area contributed by atoms with E-state index < -0.39 is 0 Å². The zero-order valence-corrected chi connectivity index (χ0v) is 9.37. The summed E-state index contributed by atoms with van der Waals surface area (Å²) in [5.41, 5.74) is 0.674. The summed E-state index contributed by atoms with van der Waals surface area (Å²) in [6.07, 6.45) is 1.08. The standard InChI is InChI=1S/C12H16O3/c1-7-4-5-14-12(7)11-6-10(8(2)13)9(3)15-11/h6-7,12H,4-5H2,1-3H3/t7-,12+/m1/s1. The molecule has 1 aromatic heterocycles. The molecule has 2 heterocycles. The number of aryl methyl sites for hydroxylation is 1. The molecular weight excluding hydrogens is 192 g/mol. The highest BCUT2D eigenvalue weighted by Gasteiger charge is 2.29. The first kappa shape index (κ1) is 10.4. The molecule has 2 atom stereocenters. The molecule has 0 aliphatic carbocycles. The molecule has 82 valence electrons. The lowest BCUT2D eigenvalue weighted by molar-refractivity contribution is 0.0753. The second-order valence-electron chi connectivity index (χ2n) is 4.23. The number of ketones is 1. The average Bonchev–Trinajstić information content (AvgIpc) is 2.71. The number of carbonyl (C=O) groups is 1. The zero-order chi connectivity index (χ0) is 11.0. The van der Waals surface area contributed by atoms with Gasteiger partial charge < -0.3 is 9.15 Å². The van der Waals surface area contributed by atoms with Gasteiger partial charge in [-0.05, 0) is 32.3 Å². The van der Waals surface area contributed by atoms with Gasteiger partial charge in [-0.3, -0.25) is 4.79 Å². The van der Waals surface area contributed by atoms with E-state index in [1.165, 1.54) is 0 Å². The quantitative estimate of drug-likeness (QED) is 0.701. The van der Waals surface area contributed by atoms with Gasteiger partial charge in [0.1, 0.15) is 17.6 Å². The molecule has 0 N–H and O–H groups in total. The first-order chi connectivity index (χ1) is 7.09. The molecule has 0 aromatic carbocycles. The van der Waals surface area contributed by atoms with Crippen LogP contribution in [-0.4, -0.2) is 12.4 Å². The Hall–Kier alpha value is -1.09. The second kappa shape index (κ2) is 3.81. The SMILES string of the molecule is CC(=O)c1cc([C@H]2OCC[C@H]2C)oc1C. The molecule has 1 fully saturated rings. The smallest absolute Gasteiger partial charge is 0.163 e. The summed E-state index contributed by atoms with van der Waals surface area (Å²) in [4.78, 5) is 11.3. The summed E-state index contributed by atoms with van der Waals surface area (Å²) in [7, 11) is 0. The van der Waals surface area contributed by atoms with Gasteiger partial charge in [-0.2, -0.15) is 0 Å². The van der Waals surface area contributed by atoms with Crippen molar-refractivity contribution in [3.63, 3.8) is 0 Å². The van der Waals surface area contributed by atoms with E-state index in [9.17, 15) is 4.79 Å². The lowest BCUT2D eigenvalue weighted by Crippen LogP contribution is -2.02. The fraction of sp³-hybridized carbons (Fsp3) is 0.583. The maximum atomic E-state index is 11.3. The Morgan fingerprint density at radius 1 is 1.53 bits per heavy atom. The molecule has 15 heavy (non-hydrogen) atoms. The Balaban J connectivity index is 2.29. The van der Waals surface area contributed by atoms with Crippen LogP contribution in [0.5, 0.6) is 0 Å². The van der Waals surface area contributed by atoms with Crippen molar-refractivity contribution < 1.29 is 13.9 Å². The Bertz CT molecular complexity index is 378. The van der Waals surface area contributed by atoms with Crippen LogP contribution in [0.15, 0.2) is 10.5 Å². The second-order valence-corrected chi connectivity index (χ2v) is 4.23. The van der Waals surface area contributed by atoms with E-state index >= 15 is 0 Å². The van der Waals surface area contributed by atoms with Gasteiger partial charge in [0.15, 0.2) is 5.78 Å². The highest BCUT2D eigenvalue weighted by atomic mass is 16.5. The maximum Gasteiger partial charge on any atom is 0.163 e. The molecule has 2 rings (SSSR count). The minimum absolute atomic E-state index is 0.0248. The van der Waals surface area contributed by atoms with Gasteiger partial charge >= 0.3 is 0 Å². The van der Waals surface area contributed by atoms with Crippen LogP contribution >= 0.6 is 0 Å². The fourth-order valence-electron chi connectivity index (χ4n) is 2.05. The van der Waals surface area contributed by atoms with E-state index in [0.29, 0.717) is 17.2 Å². The molecule has 1 aromatic rings. The Labute approximate surface area is 89.4 Å². The minimum atomic E-state index is 0.0248. The highest BCUT2D eigenvalue weighted by molar-refractivity contribution is 5.95. The molecule has 3 nitrogen and oxygen atoms in total. The number of ether oxygens (including phenoxy) is 1. The number of hydrogen-bond acceptors (Lipinski definition) is 3. The van der Waals surface area contributed by atoms with Crippen molar-refractivity contribution >= 4 is 5.78 Å². The number of hydrogen-bond donors (Lipinski definition) is 0.